The molecule has 4 atom stereocenters. The number of imide groups is 1. The molecule has 0 saturated carbocycles. The minimum absolute atomic E-state index is 0.134. The average molecular weight is 362 g/mol. The van der Waals surface area contributed by atoms with Crippen molar-refractivity contribution < 1.29 is 19.1 Å². The number of para-hydroxylation sites is 1. The standard InChI is InChI=1S/C21H18N2O4/c24-19-15-11-22-16(13-7-3-1-4-8-13)12-27-21(26)18(22)17(15)20(25)23(19)14-9-5-2-6-10-14/h1-10,15-18H,11-12H2/t15-,16+,17-,18-/m0/s1. The number of fused-ring (bicyclic) bond motifs is 3. The minimum Gasteiger partial charge on any atom is -0.462 e. The van der Waals surface area contributed by atoms with E-state index in [-0.39, 0.29) is 24.5 Å². The Morgan fingerprint density at radius 2 is 1.52 bits per heavy atom. The van der Waals surface area contributed by atoms with Gasteiger partial charge in [-0.1, -0.05) is 48.5 Å². The van der Waals surface area contributed by atoms with Gasteiger partial charge >= 0.3 is 5.97 Å². The number of esters is 1. The van der Waals surface area contributed by atoms with Crippen molar-refractivity contribution in [3.05, 3.63) is 66.2 Å². The van der Waals surface area contributed by atoms with Crippen LogP contribution in [0, 0.1) is 11.8 Å². The van der Waals surface area contributed by atoms with E-state index in [0.29, 0.717) is 12.2 Å². The first-order valence-electron chi connectivity index (χ1n) is 9.07. The maximum Gasteiger partial charge on any atom is 0.324 e. The topological polar surface area (TPSA) is 66.9 Å². The Bertz CT molecular complexity index is 914. The van der Waals surface area contributed by atoms with E-state index in [2.05, 4.69) is 0 Å². The van der Waals surface area contributed by atoms with E-state index in [9.17, 15) is 14.4 Å². The second-order valence-corrected chi connectivity index (χ2v) is 7.18. The van der Waals surface area contributed by atoms with Gasteiger partial charge in [-0.25, -0.2) is 4.90 Å². The van der Waals surface area contributed by atoms with E-state index in [1.54, 1.807) is 24.3 Å². The summed E-state index contributed by atoms with van der Waals surface area (Å²) in [4.78, 5) is 41.9. The molecule has 2 aromatic rings. The predicted molar refractivity (Wildman–Crippen MR) is 96.6 cm³/mol. The van der Waals surface area contributed by atoms with Gasteiger partial charge in [0.05, 0.1) is 23.6 Å². The van der Waals surface area contributed by atoms with Crippen molar-refractivity contribution in [3.8, 4) is 0 Å². The van der Waals surface area contributed by atoms with Crippen LogP contribution < -0.4 is 4.90 Å². The number of hydrogen-bond donors (Lipinski definition) is 0. The van der Waals surface area contributed by atoms with E-state index in [4.69, 9.17) is 4.74 Å². The zero-order chi connectivity index (χ0) is 18.5. The van der Waals surface area contributed by atoms with Gasteiger partial charge in [-0.2, -0.15) is 0 Å². The van der Waals surface area contributed by atoms with Gasteiger partial charge < -0.3 is 4.74 Å². The fourth-order valence-corrected chi connectivity index (χ4v) is 4.58. The Hall–Kier alpha value is -2.99. The fraction of sp³-hybridized carbons (Fsp3) is 0.286. The van der Waals surface area contributed by atoms with Crippen molar-refractivity contribution >= 4 is 23.5 Å². The lowest BCUT2D eigenvalue weighted by molar-refractivity contribution is -0.163. The molecule has 3 heterocycles. The highest BCUT2D eigenvalue weighted by molar-refractivity contribution is 6.23. The molecule has 3 saturated heterocycles. The first-order valence-corrected chi connectivity index (χ1v) is 9.07. The molecule has 3 fully saturated rings. The van der Waals surface area contributed by atoms with Crippen LogP contribution in [-0.4, -0.2) is 41.9 Å². The fourth-order valence-electron chi connectivity index (χ4n) is 4.58. The molecule has 6 heteroatoms. The molecule has 0 unspecified atom stereocenters. The van der Waals surface area contributed by atoms with Crippen LogP contribution in [0.25, 0.3) is 0 Å². The summed E-state index contributed by atoms with van der Waals surface area (Å²) in [6.45, 7) is 0.626. The summed E-state index contributed by atoms with van der Waals surface area (Å²) in [5.74, 6) is -2.15. The van der Waals surface area contributed by atoms with Crippen LogP contribution in [0.4, 0.5) is 5.69 Å². The molecule has 6 nitrogen and oxygen atoms in total. The minimum atomic E-state index is -0.709. The molecule has 3 aliphatic rings. The number of hydrogen-bond acceptors (Lipinski definition) is 5. The number of carbonyl (C=O) groups is 3. The van der Waals surface area contributed by atoms with Gasteiger partial charge in [-0.15, -0.1) is 0 Å². The number of ether oxygens (including phenoxy) is 1. The number of nitrogens with zero attached hydrogens (tertiary/aromatic N) is 2. The predicted octanol–water partition coefficient (Wildman–Crippen LogP) is 1.77. The monoisotopic (exact) mass is 362 g/mol. The largest absolute Gasteiger partial charge is 0.462 e. The summed E-state index contributed by atoms with van der Waals surface area (Å²) in [5.41, 5.74) is 1.58. The van der Waals surface area contributed by atoms with Crippen LogP contribution in [0.3, 0.4) is 0 Å². The van der Waals surface area contributed by atoms with E-state index in [0.717, 1.165) is 5.56 Å². The Morgan fingerprint density at radius 3 is 2.22 bits per heavy atom. The maximum atomic E-state index is 13.1. The third kappa shape index (κ3) is 2.33. The van der Waals surface area contributed by atoms with Gasteiger partial charge in [0.1, 0.15) is 12.6 Å². The molecule has 0 radical (unpaired) electrons. The zero-order valence-electron chi connectivity index (χ0n) is 14.5. The summed E-state index contributed by atoms with van der Waals surface area (Å²) >= 11 is 0. The third-order valence-electron chi connectivity index (χ3n) is 5.81. The number of rotatable bonds is 2. The first-order chi connectivity index (χ1) is 13.2. The number of cyclic esters (lactones) is 1. The molecule has 0 bridgehead atoms. The van der Waals surface area contributed by atoms with Crippen molar-refractivity contribution in [1.29, 1.82) is 0 Å². The number of amides is 2. The van der Waals surface area contributed by atoms with Gasteiger partial charge in [-0.05, 0) is 17.7 Å². The summed E-state index contributed by atoms with van der Waals surface area (Å²) in [5, 5.41) is 0. The van der Waals surface area contributed by atoms with Crippen LogP contribution in [0.5, 0.6) is 0 Å². The van der Waals surface area contributed by atoms with Crippen LogP contribution in [0.1, 0.15) is 11.6 Å². The highest BCUT2D eigenvalue weighted by Gasteiger charge is 2.62. The number of morpholine rings is 1. The van der Waals surface area contributed by atoms with Crippen LogP contribution in [0.2, 0.25) is 0 Å². The number of carbonyl (C=O) groups excluding carboxylic acids is 3. The molecule has 0 N–H and O–H groups in total. The highest BCUT2D eigenvalue weighted by Crippen LogP contribution is 2.45. The van der Waals surface area contributed by atoms with Crippen LogP contribution in [-0.2, 0) is 19.1 Å². The van der Waals surface area contributed by atoms with E-state index >= 15 is 0 Å². The molecular formula is C21H18N2O4. The normalized spacial score (nSPS) is 30.2. The van der Waals surface area contributed by atoms with Crippen molar-refractivity contribution in [2.24, 2.45) is 11.8 Å². The molecule has 136 valence electrons. The molecule has 5 rings (SSSR count). The average Bonchev–Trinajstić information content (AvgIpc) is 3.21. The first kappa shape index (κ1) is 16.2. The van der Waals surface area contributed by atoms with Gasteiger partial charge in [-0.3, -0.25) is 19.3 Å². The molecule has 0 aromatic heterocycles. The lowest BCUT2D eigenvalue weighted by atomic mass is 9.92. The van der Waals surface area contributed by atoms with E-state index in [1.807, 2.05) is 41.3 Å². The second-order valence-electron chi connectivity index (χ2n) is 7.18. The molecule has 27 heavy (non-hydrogen) atoms. The Balaban J connectivity index is 1.50. The molecule has 2 aromatic carbocycles. The van der Waals surface area contributed by atoms with Crippen LogP contribution >= 0.6 is 0 Å². The quantitative estimate of drug-likeness (QED) is 0.602. The van der Waals surface area contributed by atoms with Crippen molar-refractivity contribution in [1.82, 2.24) is 4.90 Å². The highest BCUT2D eigenvalue weighted by atomic mass is 16.5. The molecule has 3 aliphatic heterocycles. The summed E-state index contributed by atoms with van der Waals surface area (Å²) in [7, 11) is 0. The number of benzene rings is 2. The maximum absolute atomic E-state index is 13.1. The smallest absolute Gasteiger partial charge is 0.324 e. The van der Waals surface area contributed by atoms with E-state index in [1.165, 1.54) is 4.90 Å². The Morgan fingerprint density at radius 1 is 0.852 bits per heavy atom. The molecule has 0 aliphatic carbocycles. The van der Waals surface area contributed by atoms with Gasteiger partial charge in [0.25, 0.3) is 0 Å². The Labute approximate surface area is 156 Å². The van der Waals surface area contributed by atoms with Gasteiger partial charge in [0.15, 0.2) is 0 Å². The molecule has 2 amide bonds. The van der Waals surface area contributed by atoms with E-state index < -0.39 is 23.8 Å². The third-order valence-corrected chi connectivity index (χ3v) is 5.81. The summed E-state index contributed by atoms with van der Waals surface area (Å²) in [6, 6.07) is 17.8. The lowest BCUT2D eigenvalue weighted by Crippen LogP contribution is -2.51. The summed E-state index contributed by atoms with van der Waals surface area (Å²) < 4.78 is 5.43. The zero-order valence-corrected chi connectivity index (χ0v) is 14.5. The SMILES string of the molecule is O=C1OC[C@H](c2ccccc2)N2C[C@@H]3C(=O)N(c4ccccc4)C(=O)[C@@H]3[C@@H]12. The van der Waals surface area contributed by atoms with Crippen molar-refractivity contribution in [2.75, 3.05) is 18.1 Å². The van der Waals surface area contributed by atoms with Crippen LogP contribution in [0.15, 0.2) is 60.7 Å². The molecule has 0 spiro atoms. The lowest BCUT2D eigenvalue weighted by Gasteiger charge is -2.38. The van der Waals surface area contributed by atoms with Gasteiger partial charge in [0, 0.05) is 6.54 Å². The second kappa shape index (κ2) is 6.03. The summed E-state index contributed by atoms with van der Waals surface area (Å²) in [6.07, 6.45) is 0. The Kier molecular flexibility index (Phi) is 3.62. The molecular weight excluding hydrogens is 344 g/mol. The van der Waals surface area contributed by atoms with Gasteiger partial charge in [0.2, 0.25) is 11.8 Å². The van der Waals surface area contributed by atoms with Crippen molar-refractivity contribution in [3.63, 3.8) is 0 Å². The van der Waals surface area contributed by atoms with Crippen molar-refractivity contribution in [2.45, 2.75) is 12.1 Å². The number of anilines is 1.